The Balaban J connectivity index is 1.67. The zero-order valence-corrected chi connectivity index (χ0v) is 12.9. The fraction of sp³-hybridized carbons (Fsp3) is 1.00. The van der Waals surface area contributed by atoms with Crippen LogP contribution in [0, 0.1) is 5.92 Å². The van der Waals surface area contributed by atoms with E-state index in [-0.39, 0.29) is 0 Å². The third-order valence-electron chi connectivity index (χ3n) is 4.21. The van der Waals surface area contributed by atoms with E-state index in [9.17, 15) is 8.42 Å². The maximum absolute atomic E-state index is 12.3. The van der Waals surface area contributed by atoms with Gasteiger partial charge < -0.3 is 5.32 Å². The van der Waals surface area contributed by atoms with Crippen LogP contribution in [0.2, 0.25) is 0 Å². The Kier molecular flexibility index (Phi) is 5.66. The summed E-state index contributed by atoms with van der Waals surface area (Å²) >= 11 is 0. The molecule has 0 aromatic heterocycles. The number of hydrogen-bond donors (Lipinski definition) is 1. The average Bonchev–Trinajstić information content (AvgIpc) is 3.16. The van der Waals surface area contributed by atoms with Gasteiger partial charge in [0.05, 0.1) is 5.75 Å². The highest BCUT2D eigenvalue weighted by Crippen LogP contribution is 2.20. The minimum atomic E-state index is -3.01. The van der Waals surface area contributed by atoms with Gasteiger partial charge in [-0.25, -0.2) is 12.7 Å². The third-order valence-corrected chi connectivity index (χ3v) is 6.17. The number of unbranched alkanes of at least 4 members (excludes halogenated alkanes) is 1. The molecule has 4 nitrogen and oxygen atoms in total. The van der Waals surface area contributed by atoms with Gasteiger partial charge in [0, 0.05) is 19.1 Å². The first-order valence-electron chi connectivity index (χ1n) is 7.79. The van der Waals surface area contributed by atoms with E-state index < -0.39 is 10.0 Å². The van der Waals surface area contributed by atoms with E-state index in [1.54, 1.807) is 4.31 Å². The van der Waals surface area contributed by atoms with Crippen LogP contribution < -0.4 is 5.32 Å². The molecule has 1 aliphatic heterocycles. The highest BCUT2D eigenvalue weighted by Gasteiger charge is 2.24. The summed E-state index contributed by atoms with van der Waals surface area (Å²) in [5.74, 6) is 0.997. The molecule has 1 N–H and O–H groups in total. The topological polar surface area (TPSA) is 49.4 Å². The van der Waals surface area contributed by atoms with Gasteiger partial charge in [0.2, 0.25) is 10.0 Å². The Labute approximate surface area is 118 Å². The quantitative estimate of drug-likeness (QED) is 0.729. The van der Waals surface area contributed by atoms with Crippen molar-refractivity contribution in [1.29, 1.82) is 0 Å². The highest BCUT2D eigenvalue weighted by atomic mass is 32.2. The first kappa shape index (κ1) is 15.3. The van der Waals surface area contributed by atoms with Crippen LogP contribution in [0.1, 0.15) is 51.9 Å². The van der Waals surface area contributed by atoms with Crippen molar-refractivity contribution in [3.05, 3.63) is 0 Å². The second-order valence-electron chi connectivity index (χ2n) is 6.19. The van der Waals surface area contributed by atoms with E-state index in [2.05, 4.69) is 12.2 Å². The molecule has 0 bridgehead atoms. The molecular formula is C14H28N2O2S. The zero-order chi connectivity index (χ0) is 13.7. The molecule has 0 aromatic carbocycles. The van der Waals surface area contributed by atoms with Gasteiger partial charge in [0.15, 0.2) is 0 Å². The number of nitrogens with zero attached hydrogens (tertiary/aromatic N) is 1. The largest absolute Gasteiger partial charge is 0.314 e. The summed E-state index contributed by atoms with van der Waals surface area (Å²) in [6, 6.07) is 0.726. The molecule has 2 aliphatic rings. The predicted octanol–water partition coefficient (Wildman–Crippen LogP) is 1.97. The van der Waals surface area contributed by atoms with Crippen molar-refractivity contribution in [2.75, 3.05) is 25.4 Å². The number of rotatable bonds is 7. The highest BCUT2D eigenvalue weighted by molar-refractivity contribution is 7.89. The lowest BCUT2D eigenvalue weighted by atomic mass is 10.0. The van der Waals surface area contributed by atoms with Crippen molar-refractivity contribution in [2.24, 2.45) is 5.92 Å². The number of hydrogen-bond acceptors (Lipinski definition) is 3. The molecule has 112 valence electrons. The Morgan fingerprint density at radius 2 is 1.89 bits per heavy atom. The average molecular weight is 288 g/mol. The van der Waals surface area contributed by atoms with Gasteiger partial charge in [-0.15, -0.1) is 0 Å². The normalized spacial score (nSPS) is 26.3. The molecule has 0 amide bonds. The monoisotopic (exact) mass is 288 g/mol. The van der Waals surface area contributed by atoms with Crippen molar-refractivity contribution in [2.45, 2.75) is 57.9 Å². The minimum Gasteiger partial charge on any atom is -0.314 e. The summed E-state index contributed by atoms with van der Waals surface area (Å²) in [7, 11) is -3.01. The summed E-state index contributed by atoms with van der Waals surface area (Å²) in [6.07, 6.45) is 7.55. The summed E-state index contributed by atoms with van der Waals surface area (Å²) in [5, 5.41) is 3.43. The van der Waals surface area contributed by atoms with Crippen LogP contribution in [0.5, 0.6) is 0 Å². The van der Waals surface area contributed by atoms with Crippen LogP contribution in [-0.4, -0.2) is 44.2 Å². The van der Waals surface area contributed by atoms with Gasteiger partial charge in [-0.1, -0.05) is 6.92 Å². The van der Waals surface area contributed by atoms with Gasteiger partial charge in [0.1, 0.15) is 0 Å². The lowest BCUT2D eigenvalue weighted by molar-refractivity contribution is 0.415. The van der Waals surface area contributed by atoms with Crippen molar-refractivity contribution in [3.8, 4) is 0 Å². The minimum absolute atomic E-state index is 0.327. The summed E-state index contributed by atoms with van der Waals surface area (Å²) < 4.78 is 26.2. The molecule has 1 atom stereocenters. The van der Waals surface area contributed by atoms with Crippen LogP contribution in [0.25, 0.3) is 0 Å². The number of sulfonamides is 1. The van der Waals surface area contributed by atoms with Crippen LogP contribution in [0.4, 0.5) is 0 Å². The predicted molar refractivity (Wildman–Crippen MR) is 78.6 cm³/mol. The molecule has 0 radical (unpaired) electrons. The smallest absolute Gasteiger partial charge is 0.214 e. The molecular weight excluding hydrogens is 260 g/mol. The molecule has 5 heteroatoms. The van der Waals surface area contributed by atoms with Crippen LogP contribution in [0.15, 0.2) is 0 Å². The van der Waals surface area contributed by atoms with Crippen molar-refractivity contribution in [1.82, 2.24) is 9.62 Å². The lowest BCUT2D eigenvalue weighted by Gasteiger charge is -2.20. The standard InChI is InChI=1S/C14H28N2O2S/c1-13-5-4-10-16(11-8-13)19(17,18)12-3-2-9-15-14-6-7-14/h13-15H,2-12H2,1H3. The Bertz CT molecular complexity index is 366. The Morgan fingerprint density at radius 3 is 2.63 bits per heavy atom. The Hall–Kier alpha value is -0.130. The molecule has 2 fully saturated rings. The van der Waals surface area contributed by atoms with Gasteiger partial charge in [-0.2, -0.15) is 0 Å². The molecule has 1 saturated heterocycles. The van der Waals surface area contributed by atoms with E-state index in [1.165, 1.54) is 12.8 Å². The van der Waals surface area contributed by atoms with E-state index in [4.69, 9.17) is 0 Å². The van der Waals surface area contributed by atoms with Gasteiger partial charge in [0.25, 0.3) is 0 Å². The number of nitrogens with one attached hydrogen (secondary N) is 1. The summed E-state index contributed by atoms with van der Waals surface area (Å²) in [5.41, 5.74) is 0. The van der Waals surface area contributed by atoms with Crippen LogP contribution in [-0.2, 0) is 10.0 Å². The van der Waals surface area contributed by atoms with Crippen molar-refractivity contribution < 1.29 is 8.42 Å². The first-order valence-corrected chi connectivity index (χ1v) is 9.40. The molecule has 0 aromatic rings. The summed E-state index contributed by atoms with van der Waals surface area (Å²) in [4.78, 5) is 0. The SMILES string of the molecule is CC1CCCN(S(=O)(=O)CCCCNC2CC2)CC1. The molecule has 19 heavy (non-hydrogen) atoms. The second-order valence-corrected chi connectivity index (χ2v) is 8.28. The molecule has 1 heterocycles. The lowest BCUT2D eigenvalue weighted by Crippen LogP contribution is -2.34. The van der Waals surface area contributed by atoms with Crippen LogP contribution in [0.3, 0.4) is 0 Å². The maximum atomic E-state index is 12.3. The van der Waals surface area contributed by atoms with Gasteiger partial charge >= 0.3 is 0 Å². The van der Waals surface area contributed by atoms with E-state index in [0.29, 0.717) is 11.7 Å². The Morgan fingerprint density at radius 1 is 1.11 bits per heavy atom. The molecule has 1 aliphatic carbocycles. The molecule has 0 spiro atoms. The summed E-state index contributed by atoms with van der Waals surface area (Å²) in [6.45, 7) is 4.65. The van der Waals surface area contributed by atoms with Gasteiger partial charge in [-0.3, -0.25) is 0 Å². The maximum Gasteiger partial charge on any atom is 0.214 e. The molecule has 1 saturated carbocycles. The third kappa shape index (κ3) is 5.40. The second kappa shape index (κ2) is 7.04. The fourth-order valence-electron chi connectivity index (χ4n) is 2.65. The molecule has 2 rings (SSSR count). The van der Waals surface area contributed by atoms with Crippen molar-refractivity contribution in [3.63, 3.8) is 0 Å². The van der Waals surface area contributed by atoms with Gasteiger partial charge in [-0.05, 0) is 57.4 Å². The van der Waals surface area contributed by atoms with Crippen molar-refractivity contribution >= 4 is 10.0 Å². The fourth-order valence-corrected chi connectivity index (χ4v) is 4.26. The molecule has 1 unspecified atom stereocenters. The van der Waals surface area contributed by atoms with E-state index in [0.717, 1.165) is 57.8 Å². The van der Waals surface area contributed by atoms with E-state index >= 15 is 0 Å². The van der Waals surface area contributed by atoms with E-state index in [1.807, 2.05) is 0 Å². The zero-order valence-electron chi connectivity index (χ0n) is 12.1. The first-order chi connectivity index (χ1) is 9.08. The van der Waals surface area contributed by atoms with Crippen LogP contribution >= 0.6 is 0 Å².